The molecule has 1 rings (SSSR count). The summed E-state index contributed by atoms with van der Waals surface area (Å²) in [6.45, 7) is 5.88. The predicted octanol–water partition coefficient (Wildman–Crippen LogP) is 2.51. The summed E-state index contributed by atoms with van der Waals surface area (Å²) in [6, 6.07) is 7.77. The van der Waals surface area contributed by atoms with Gasteiger partial charge in [-0.15, -0.1) is 0 Å². The maximum absolute atomic E-state index is 11.0. The first-order valence-electron chi connectivity index (χ1n) is 4.77. The van der Waals surface area contributed by atoms with Gasteiger partial charge in [-0.1, -0.05) is 18.7 Å². The molecule has 0 atom stereocenters. The molecule has 0 aromatic heterocycles. The summed E-state index contributed by atoms with van der Waals surface area (Å²) in [5.74, 6) is 0. The highest BCUT2D eigenvalue weighted by Crippen LogP contribution is 2.11. The number of hydrogen-bond donors (Lipinski definition) is 2. The molecule has 0 heterocycles. The zero-order chi connectivity index (χ0) is 12.0. The van der Waals surface area contributed by atoms with Crippen molar-refractivity contribution in [2.45, 2.75) is 6.92 Å². The molecular formula is C11H13IN2O2. The van der Waals surface area contributed by atoms with Gasteiger partial charge in [0, 0.05) is 3.57 Å². The topological polar surface area (TPSA) is 50.4 Å². The van der Waals surface area contributed by atoms with E-state index >= 15 is 0 Å². The minimum absolute atomic E-state index is 0.337. The molecule has 0 aliphatic rings. The second-order valence-corrected chi connectivity index (χ2v) is 4.20. The molecule has 1 aromatic rings. The van der Waals surface area contributed by atoms with Crippen molar-refractivity contribution >= 4 is 34.4 Å². The van der Waals surface area contributed by atoms with Crippen LogP contribution in [0.15, 0.2) is 30.8 Å². The van der Waals surface area contributed by atoms with E-state index in [9.17, 15) is 4.79 Å². The van der Waals surface area contributed by atoms with Crippen LogP contribution < -0.4 is 10.9 Å². The van der Waals surface area contributed by atoms with Crippen LogP contribution in [0.5, 0.6) is 0 Å². The van der Waals surface area contributed by atoms with Gasteiger partial charge in [0.25, 0.3) is 0 Å². The van der Waals surface area contributed by atoms with Crippen molar-refractivity contribution in [1.82, 2.24) is 10.9 Å². The Labute approximate surface area is 108 Å². The fraction of sp³-hybridized carbons (Fsp3) is 0.182. The standard InChI is InChI=1S/C11H13IN2O2/c1-3-16-11(15)14-13-8(2)9-4-6-10(12)7-5-9/h4-7,13H,2-3H2,1H3,(H,14,15). The molecular weight excluding hydrogens is 319 g/mol. The van der Waals surface area contributed by atoms with Gasteiger partial charge < -0.3 is 4.74 Å². The van der Waals surface area contributed by atoms with E-state index in [1.807, 2.05) is 24.3 Å². The fourth-order valence-corrected chi connectivity index (χ4v) is 1.38. The first-order valence-corrected chi connectivity index (χ1v) is 5.85. The molecule has 2 N–H and O–H groups in total. The molecule has 0 spiro atoms. The molecule has 0 saturated carbocycles. The average Bonchev–Trinajstić information content (AvgIpc) is 2.27. The number of ether oxygens (including phenoxy) is 1. The Morgan fingerprint density at radius 2 is 2.00 bits per heavy atom. The molecule has 0 fully saturated rings. The number of hydrogen-bond acceptors (Lipinski definition) is 3. The molecule has 1 aromatic carbocycles. The molecule has 16 heavy (non-hydrogen) atoms. The van der Waals surface area contributed by atoms with Gasteiger partial charge in [-0.05, 0) is 47.2 Å². The minimum atomic E-state index is -0.519. The zero-order valence-corrected chi connectivity index (χ0v) is 11.1. The van der Waals surface area contributed by atoms with Gasteiger partial charge in [-0.2, -0.15) is 0 Å². The highest BCUT2D eigenvalue weighted by atomic mass is 127. The van der Waals surface area contributed by atoms with Crippen LogP contribution in [0.25, 0.3) is 5.70 Å². The number of rotatable bonds is 4. The summed E-state index contributed by atoms with van der Waals surface area (Å²) < 4.78 is 5.84. The Hall–Kier alpha value is -1.24. The quantitative estimate of drug-likeness (QED) is 0.658. The van der Waals surface area contributed by atoms with Crippen molar-refractivity contribution in [3.63, 3.8) is 0 Å². The number of amides is 1. The van der Waals surface area contributed by atoms with Crippen molar-refractivity contribution in [3.8, 4) is 0 Å². The number of carbonyl (C=O) groups is 1. The van der Waals surface area contributed by atoms with E-state index in [0.29, 0.717) is 12.3 Å². The van der Waals surface area contributed by atoms with Crippen LogP contribution in [0.4, 0.5) is 4.79 Å². The molecule has 4 nitrogen and oxygen atoms in total. The number of benzene rings is 1. The molecule has 0 aliphatic heterocycles. The second kappa shape index (κ2) is 6.37. The first kappa shape index (κ1) is 12.8. The van der Waals surface area contributed by atoms with E-state index in [1.165, 1.54) is 0 Å². The Bertz CT molecular complexity index is 376. The first-order chi connectivity index (χ1) is 7.63. The lowest BCUT2D eigenvalue weighted by molar-refractivity contribution is 0.149. The Morgan fingerprint density at radius 1 is 1.38 bits per heavy atom. The maximum Gasteiger partial charge on any atom is 0.425 e. The monoisotopic (exact) mass is 332 g/mol. The van der Waals surface area contributed by atoms with Crippen LogP contribution >= 0.6 is 22.6 Å². The van der Waals surface area contributed by atoms with E-state index in [-0.39, 0.29) is 0 Å². The van der Waals surface area contributed by atoms with E-state index in [4.69, 9.17) is 4.74 Å². The lowest BCUT2D eigenvalue weighted by Gasteiger charge is -2.10. The second-order valence-electron chi connectivity index (χ2n) is 2.96. The van der Waals surface area contributed by atoms with Crippen molar-refractivity contribution in [2.75, 3.05) is 6.61 Å². The Kier molecular flexibility index (Phi) is 5.10. The molecule has 0 saturated heterocycles. The lowest BCUT2D eigenvalue weighted by atomic mass is 10.2. The van der Waals surface area contributed by atoms with Gasteiger partial charge >= 0.3 is 6.09 Å². The smallest absolute Gasteiger partial charge is 0.425 e. The SMILES string of the molecule is C=C(NNC(=O)OCC)c1ccc(I)cc1. The Morgan fingerprint density at radius 3 is 2.56 bits per heavy atom. The summed E-state index contributed by atoms with van der Waals surface area (Å²) in [5.41, 5.74) is 6.59. The third kappa shape index (κ3) is 4.09. The summed E-state index contributed by atoms with van der Waals surface area (Å²) in [4.78, 5) is 11.0. The van der Waals surface area contributed by atoms with E-state index in [2.05, 4.69) is 40.0 Å². The number of nitrogens with one attached hydrogen (secondary N) is 2. The molecule has 0 radical (unpaired) electrons. The number of carbonyl (C=O) groups excluding carboxylic acids is 1. The third-order valence-corrected chi connectivity index (χ3v) is 2.50. The lowest BCUT2D eigenvalue weighted by Crippen LogP contribution is -2.36. The van der Waals surface area contributed by atoms with Gasteiger partial charge in [0.15, 0.2) is 0 Å². The van der Waals surface area contributed by atoms with Crippen LogP contribution in [0.1, 0.15) is 12.5 Å². The van der Waals surface area contributed by atoms with Crippen molar-refractivity contribution in [2.24, 2.45) is 0 Å². The van der Waals surface area contributed by atoms with Crippen molar-refractivity contribution in [3.05, 3.63) is 40.0 Å². The zero-order valence-electron chi connectivity index (χ0n) is 8.92. The third-order valence-electron chi connectivity index (χ3n) is 1.78. The van der Waals surface area contributed by atoms with E-state index < -0.39 is 6.09 Å². The molecule has 0 aliphatic carbocycles. The van der Waals surface area contributed by atoms with Gasteiger partial charge in [0.2, 0.25) is 0 Å². The van der Waals surface area contributed by atoms with Crippen molar-refractivity contribution in [1.29, 1.82) is 0 Å². The van der Waals surface area contributed by atoms with Gasteiger partial charge in [-0.3, -0.25) is 5.43 Å². The predicted molar refractivity (Wildman–Crippen MR) is 71.5 cm³/mol. The van der Waals surface area contributed by atoms with Crippen molar-refractivity contribution < 1.29 is 9.53 Å². The largest absolute Gasteiger partial charge is 0.449 e. The Balaban J connectivity index is 2.47. The van der Waals surface area contributed by atoms with Gasteiger partial charge in [0.05, 0.1) is 12.3 Å². The minimum Gasteiger partial charge on any atom is -0.449 e. The molecule has 0 bridgehead atoms. The van der Waals surface area contributed by atoms with Crippen LogP contribution in [0.3, 0.4) is 0 Å². The maximum atomic E-state index is 11.0. The van der Waals surface area contributed by atoms with E-state index in [0.717, 1.165) is 9.13 Å². The number of hydrazine groups is 1. The normalized spacial score (nSPS) is 9.38. The summed E-state index contributed by atoms with van der Waals surface area (Å²) in [7, 11) is 0. The van der Waals surface area contributed by atoms with Gasteiger partial charge in [-0.25, -0.2) is 10.2 Å². The van der Waals surface area contributed by atoms with Gasteiger partial charge in [0.1, 0.15) is 0 Å². The van der Waals surface area contributed by atoms with Crippen LogP contribution in [-0.4, -0.2) is 12.7 Å². The van der Waals surface area contributed by atoms with Crippen LogP contribution in [0, 0.1) is 3.57 Å². The molecule has 5 heteroatoms. The highest BCUT2D eigenvalue weighted by molar-refractivity contribution is 14.1. The van der Waals surface area contributed by atoms with Crippen LogP contribution in [-0.2, 0) is 4.74 Å². The summed E-state index contributed by atoms with van der Waals surface area (Å²) in [5, 5.41) is 0. The summed E-state index contributed by atoms with van der Waals surface area (Å²) >= 11 is 2.22. The fourth-order valence-electron chi connectivity index (χ4n) is 1.02. The number of halogens is 1. The molecule has 0 unspecified atom stereocenters. The summed E-state index contributed by atoms with van der Waals surface area (Å²) in [6.07, 6.45) is -0.519. The average molecular weight is 332 g/mol. The van der Waals surface area contributed by atoms with E-state index in [1.54, 1.807) is 6.92 Å². The molecule has 1 amide bonds. The highest BCUT2D eigenvalue weighted by Gasteiger charge is 2.01. The molecule has 86 valence electrons. The van der Waals surface area contributed by atoms with Crippen LogP contribution in [0.2, 0.25) is 0 Å².